The van der Waals surface area contributed by atoms with Crippen LogP contribution >= 0.6 is 15.9 Å². The molecule has 1 atom stereocenters. The maximum atomic E-state index is 13.1. The van der Waals surface area contributed by atoms with Crippen LogP contribution in [0.4, 0.5) is 4.39 Å². The lowest BCUT2D eigenvalue weighted by Crippen LogP contribution is -2.35. The lowest BCUT2D eigenvalue weighted by atomic mass is 10.2. The molecule has 7 heteroatoms. The third-order valence-corrected chi connectivity index (χ3v) is 4.11. The first-order chi connectivity index (χ1) is 11.9. The summed E-state index contributed by atoms with van der Waals surface area (Å²) in [6, 6.07) is 10.9. The van der Waals surface area contributed by atoms with Crippen LogP contribution in [0.15, 0.2) is 46.9 Å². The van der Waals surface area contributed by atoms with Gasteiger partial charge < -0.3 is 14.8 Å². The first-order valence-corrected chi connectivity index (χ1v) is 8.27. The van der Waals surface area contributed by atoms with Crippen LogP contribution in [0.1, 0.15) is 22.8 Å². The molecule has 2 rings (SSSR count). The van der Waals surface area contributed by atoms with Crippen LogP contribution in [0, 0.1) is 5.82 Å². The first kappa shape index (κ1) is 18.9. The summed E-state index contributed by atoms with van der Waals surface area (Å²) in [7, 11) is 1.55. The van der Waals surface area contributed by atoms with Gasteiger partial charge in [-0.25, -0.2) is 9.18 Å². The van der Waals surface area contributed by atoms with Crippen molar-refractivity contribution >= 4 is 27.8 Å². The molecule has 0 saturated heterocycles. The lowest BCUT2D eigenvalue weighted by Gasteiger charge is -2.15. The number of methoxy groups -OCH3 is 1. The third kappa shape index (κ3) is 5.03. The Balaban J connectivity index is 1.94. The number of esters is 1. The Morgan fingerprint density at radius 3 is 2.64 bits per heavy atom. The fourth-order valence-electron chi connectivity index (χ4n) is 2.11. The molecule has 0 radical (unpaired) electrons. The van der Waals surface area contributed by atoms with Crippen LogP contribution < -0.4 is 10.1 Å². The molecule has 0 heterocycles. The standard InChI is InChI=1S/C18H17BrFNO4/c1-11(25-18(23)14-8-7-13(20)9-15(14)19)17(22)21-10-12-5-3-4-6-16(12)24-2/h3-9,11H,10H2,1-2H3,(H,21,22)/t11-/m0/s1. The molecule has 2 aromatic carbocycles. The van der Waals surface area contributed by atoms with Crippen molar-refractivity contribution in [3.8, 4) is 5.75 Å². The number of nitrogens with one attached hydrogen (secondary N) is 1. The van der Waals surface area contributed by atoms with Crippen LogP contribution in [-0.2, 0) is 16.1 Å². The number of carbonyl (C=O) groups excluding carboxylic acids is 2. The largest absolute Gasteiger partial charge is 0.496 e. The molecule has 132 valence electrons. The maximum Gasteiger partial charge on any atom is 0.340 e. The van der Waals surface area contributed by atoms with E-state index < -0.39 is 23.8 Å². The molecule has 0 spiro atoms. The van der Waals surface area contributed by atoms with Gasteiger partial charge in [-0.3, -0.25) is 4.79 Å². The number of para-hydroxylation sites is 1. The van der Waals surface area contributed by atoms with Crippen LogP contribution in [0.3, 0.4) is 0 Å². The molecule has 2 aromatic rings. The van der Waals surface area contributed by atoms with Gasteiger partial charge in [0.25, 0.3) is 5.91 Å². The molecule has 0 unspecified atom stereocenters. The minimum Gasteiger partial charge on any atom is -0.496 e. The highest BCUT2D eigenvalue weighted by molar-refractivity contribution is 9.10. The number of amides is 1. The van der Waals surface area contributed by atoms with Crippen molar-refractivity contribution in [1.29, 1.82) is 0 Å². The lowest BCUT2D eigenvalue weighted by molar-refractivity contribution is -0.129. The van der Waals surface area contributed by atoms with E-state index in [9.17, 15) is 14.0 Å². The molecule has 0 saturated carbocycles. The molecule has 5 nitrogen and oxygen atoms in total. The van der Waals surface area contributed by atoms with Gasteiger partial charge in [0.1, 0.15) is 11.6 Å². The summed E-state index contributed by atoms with van der Waals surface area (Å²) >= 11 is 3.10. The van der Waals surface area contributed by atoms with Crippen LogP contribution in [0.25, 0.3) is 0 Å². The van der Waals surface area contributed by atoms with Gasteiger partial charge in [0.2, 0.25) is 0 Å². The van der Waals surface area contributed by atoms with Crippen molar-refractivity contribution < 1.29 is 23.5 Å². The van der Waals surface area contributed by atoms with E-state index >= 15 is 0 Å². The van der Waals surface area contributed by atoms with Gasteiger partial charge in [0.15, 0.2) is 6.10 Å². The average molecular weight is 410 g/mol. The van der Waals surface area contributed by atoms with Crippen molar-refractivity contribution in [2.75, 3.05) is 7.11 Å². The highest BCUT2D eigenvalue weighted by atomic mass is 79.9. The van der Waals surface area contributed by atoms with E-state index in [-0.39, 0.29) is 16.6 Å². The zero-order chi connectivity index (χ0) is 18.4. The van der Waals surface area contributed by atoms with Gasteiger partial charge >= 0.3 is 5.97 Å². The number of ether oxygens (including phenoxy) is 2. The zero-order valence-corrected chi connectivity index (χ0v) is 15.3. The molecule has 0 aliphatic carbocycles. The molecule has 0 fully saturated rings. The van der Waals surface area contributed by atoms with E-state index in [4.69, 9.17) is 9.47 Å². The predicted molar refractivity (Wildman–Crippen MR) is 93.8 cm³/mol. The third-order valence-electron chi connectivity index (χ3n) is 3.45. The van der Waals surface area contributed by atoms with Crippen LogP contribution in [-0.4, -0.2) is 25.1 Å². The van der Waals surface area contributed by atoms with Crippen molar-refractivity contribution in [2.45, 2.75) is 19.6 Å². The summed E-state index contributed by atoms with van der Waals surface area (Å²) in [4.78, 5) is 24.2. The van der Waals surface area contributed by atoms with Crippen molar-refractivity contribution in [3.05, 3.63) is 63.9 Å². The van der Waals surface area contributed by atoms with Crippen molar-refractivity contribution in [1.82, 2.24) is 5.32 Å². The summed E-state index contributed by atoms with van der Waals surface area (Å²) in [5.74, 6) is -0.988. The van der Waals surface area contributed by atoms with Gasteiger partial charge in [0, 0.05) is 16.6 Å². The number of hydrogen-bond acceptors (Lipinski definition) is 4. The Morgan fingerprint density at radius 1 is 1.24 bits per heavy atom. The Kier molecular flexibility index (Phi) is 6.52. The normalized spacial score (nSPS) is 11.5. The summed E-state index contributed by atoms with van der Waals surface area (Å²) in [6.45, 7) is 1.71. The van der Waals surface area contributed by atoms with Gasteiger partial charge in [-0.1, -0.05) is 18.2 Å². The van der Waals surface area contributed by atoms with Gasteiger partial charge in [-0.05, 0) is 47.1 Å². The minimum atomic E-state index is -1.00. The molecule has 0 bridgehead atoms. The SMILES string of the molecule is COc1ccccc1CNC(=O)[C@H](C)OC(=O)c1ccc(F)cc1Br. The summed E-state index contributed by atoms with van der Waals surface area (Å²) in [5, 5.41) is 2.69. The second-order valence-electron chi connectivity index (χ2n) is 5.20. The second kappa shape index (κ2) is 8.62. The van der Waals surface area contributed by atoms with E-state index in [0.717, 1.165) is 17.7 Å². The monoisotopic (exact) mass is 409 g/mol. The van der Waals surface area contributed by atoms with Crippen LogP contribution in [0.5, 0.6) is 5.75 Å². The van der Waals surface area contributed by atoms with E-state index in [1.54, 1.807) is 13.2 Å². The summed E-state index contributed by atoms with van der Waals surface area (Å²) < 4.78 is 23.7. The number of benzene rings is 2. The highest BCUT2D eigenvalue weighted by Gasteiger charge is 2.20. The van der Waals surface area contributed by atoms with Gasteiger partial charge in [0.05, 0.1) is 12.7 Å². The van der Waals surface area contributed by atoms with E-state index in [1.807, 2.05) is 18.2 Å². The molecule has 0 aliphatic heterocycles. The minimum absolute atomic E-state index is 0.144. The fourth-order valence-corrected chi connectivity index (χ4v) is 2.62. The van der Waals surface area contributed by atoms with Crippen molar-refractivity contribution in [3.63, 3.8) is 0 Å². The quantitative estimate of drug-likeness (QED) is 0.741. The molecule has 1 N–H and O–H groups in total. The van der Waals surface area contributed by atoms with Gasteiger partial charge in [-0.15, -0.1) is 0 Å². The number of hydrogen-bond donors (Lipinski definition) is 1. The van der Waals surface area contributed by atoms with E-state index in [0.29, 0.717) is 5.75 Å². The molecular weight excluding hydrogens is 393 g/mol. The first-order valence-electron chi connectivity index (χ1n) is 7.48. The maximum absolute atomic E-state index is 13.1. The van der Waals surface area contributed by atoms with E-state index in [1.165, 1.54) is 13.0 Å². The van der Waals surface area contributed by atoms with Crippen molar-refractivity contribution in [2.24, 2.45) is 0 Å². The number of halogens is 2. The summed E-state index contributed by atoms with van der Waals surface area (Å²) in [6.07, 6.45) is -1.00. The molecule has 0 aliphatic rings. The number of carbonyl (C=O) groups is 2. The Morgan fingerprint density at radius 2 is 1.96 bits per heavy atom. The smallest absolute Gasteiger partial charge is 0.340 e. The molecule has 0 aromatic heterocycles. The highest BCUT2D eigenvalue weighted by Crippen LogP contribution is 2.20. The topological polar surface area (TPSA) is 64.6 Å². The molecular formula is C18H17BrFNO4. The molecule has 1 amide bonds. The second-order valence-corrected chi connectivity index (χ2v) is 6.06. The van der Waals surface area contributed by atoms with Gasteiger partial charge in [-0.2, -0.15) is 0 Å². The Hall–Kier alpha value is -2.41. The Bertz CT molecular complexity index is 781. The predicted octanol–water partition coefficient (Wildman–Crippen LogP) is 3.46. The zero-order valence-electron chi connectivity index (χ0n) is 13.7. The average Bonchev–Trinajstić information content (AvgIpc) is 2.59. The summed E-state index contributed by atoms with van der Waals surface area (Å²) in [5.41, 5.74) is 0.948. The van der Waals surface area contributed by atoms with E-state index in [2.05, 4.69) is 21.2 Å². The molecule has 25 heavy (non-hydrogen) atoms. The van der Waals surface area contributed by atoms with Crippen LogP contribution in [0.2, 0.25) is 0 Å². The number of rotatable bonds is 6. The Labute approximate surface area is 153 Å². The fraction of sp³-hybridized carbons (Fsp3) is 0.222.